The van der Waals surface area contributed by atoms with E-state index in [0.29, 0.717) is 6.61 Å². The summed E-state index contributed by atoms with van der Waals surface area (Å²) in [6.45, 7) is 4.21. The molecule has 0 aliphatic rings. The normalized spacial score (nSPS) is 11.9. The molecule has 0 aliphatic heterocycles. The van der Waals surface area contributed by atoms with Crippen LogP contribution < -0.4 is 0 Å². The zero-order chi connectivity index (χ0) is 13.4. The summed E-state index contributed by atoms with van der Waals surface area (Å²) in [4.78, 5) is 23.3. The predicted octanol–water partition coefficient (Wildman–Crippen LogP) is 2.29. The SMILES string of the molecule is CCOC(=O)CC(=O)C(OCC)c1ccccc1. The van der Waals surface area contributed by atoms with Crippen LogP contribution in [0.1, 0.15) is 31.9 Å². The second-order valence-corrected chi connectivity index (χ2v) is 3.69. The maximum absolute atomic E-state index is 12.0. The van der Waals surface area contributed by atoms with Crippen LogP contribution in [0.25, 0.3) is 0 Å². The van der Waals surface area contributed by atoms with Crippen LogP contribution in [0.4, 0.5) is 0 Å². The molecule has 0 bridgehead atoms. The van der Waals surface area contributed by atoms with Gasteiger partial charge in [-0.2, -0.15) is 0 Å². The van der Waals surface area contributed by atoms with Gasteiger partial charge in [0.2, 0.25) is 0 Å². The number of esters is 1. The summed E-state index contributed by atoms with van der Waals surface area (Å²) in [5, 5.41) is 0. The summed E-state index contributed by atoms with van der Waals surface area (Å²) in [6, 6.07) is 9.15. The van der Waals surface area contributed by atoms with Crippen molar-refractivity contribution in [2.24, 2.45) is 0 Å². The number of ether oxygens (including phenoxy) is 2. The van der Waals surface area contributed by atoms with E-state index < -0.39 is 12.1 Å². The van der Waals surface area contributed by atoms with E-state index in [2.05, 4.69) is 0 Å². The zero-order valence-electron chi connectivity index (χ0n) is 10.7. The van der Waals surface area contributed by atoms with E-state index in [0.717, 1.165) is 5.56 Å². The van der Waals surface area contributed by atoms with Gasteiger partial charge in [0.1, 0.15) is 12.5 Å². The largest absolute Gasteiger partial charge is 0.466 e. The van der Waals surface area contributed by atoms with Crippen molar-refractivity contribution in [1.82, 2.24) is 0 Å². The molecule has 4 nitrogen and oxygen atoms in total. The molecule has 98 valence electrons. The summed E-state index contributed by atoms with van der Waals surface area (Å²) in [5.41, 5.74) is 0.758. The minimum atomic E-state index is -0.694. The molecule has 1 unspecified atom stereocenters. The van der Waals surface area contributed by atoms with Gasteiger partial charge in [-0.1, -0.05) is 30.3 Å². The molecule has 0 saturated carbocycles. The van der Waals surface area contributed by atoms with Gasteiger partial charge in [0, 0.05) is 6.61 Å². The number of ketones is 1. The van der Waals surface area contributed by atoms with Gasteiger partial charge < -0.3 is 9.47 Å². The number of benzene rings is 1. The van der Waals surface area contributed by atoms with Gasteiger partial charge in [-0.25, -0.2) is 0 Å². The molecule has 0 saturated heterocycles. The summed E-state index contributed by atoms with van der Waals surface area (Å²) < 4.78 is 10.2. The van der Waals surface area contributed by atoms with Crippen LogP contribution in [0, 0.1) is 0 Å². The summed E-state index contributed by atoms with van der Waals surface area (Å²) in [6.07, 6.45) is -0.950. The van der Waals surface area contributed by atoms with Crippen molar-refractivity contribution in [3.63, 3.8) is 0 Å². The highest BCUT2D eigenvalue weighted by molar-refractivity contribution is 5.98. The Hall–Kier alpha value is -1.68. The Bertz CT molecular complexity index is 386. The summed E-state index contributed by atoms with van der Waals surface area (Å²) in [5.74, 6) is -0.787. The molecule has 0 aromatic heterocycles. The second-order valence-electron chi connectivity index (χ2n) is 3.69. The number of hydrogen-bond donors (Lipinski definition) is 0. The molecular formula is C14H18O4. The van der Waals surface area contributed by atoms with Gasteiger partial charge in [-0.05, 0) is 19.4 Å². The highest BCUT2D eigenvalue weighted by Gasteiger charge is 2.23. The molecule has 0 spiro atoms. The van der Waals surface area contributed by atoms with Crippen LogP contribution in [-0.2, 0) is 19.1 Å². The maximum Gasteiger partial charge on any atom is 0.313 e. The van der Waals surface area contributed by atoms with E-state index in [9.17, 15) is 9.59 Å². The molecule has 1 atom stereocenters. The summed E-state index contributed by atoms with van der Waals surface area (Å²) >= 11 is 0. The van der Waals surface area contributed by atoms with Crippen molar-refractivity contribution >= 4 is 11.8 Å². The Kier molecular flexibility index (Phi) is 6.08. The van der Waals surface area contributed by atoms with E-state index in [1.807, 2.05) is 37.3 Å². The topological polar surface area (TPSA) is 52.6 Å². The molecule has 0 N–H and O–H groups in total. The van der Waals surface area contributed by atoms with Crippen molar-refractivity contribution in [3.05, 3.63) is 35.9 Å². The molecule has 1 aromatic carbocycles. The smallest absolute Gasteiger partial charge is 0.313 e. The highest BCUT2D eigenvalue weighted by Crippen LogP contribution is 2.19. The molecule has 0 heterocycles. The average Bonchev–Trinajstić information content (AvgIpc) is 2.37. The predicted molar refractivity (Wildman–Crippen MR) is 67.1 cm³/mol. The van der Waals surface area contributed by atoms with Crippen molar-refractivity contribution in [2.45, 2.75) is 26.4 Å². The van der Waals surface area contributed by atoms with E-state index in [1.165, 1.54) is 0 Å². The van der Waals surface area contributed by atoms with Crippen LogP contribution in [0.3, 0.4) is 0 Å². The van der Waals surface area contributed by atoms with Gasteiger partial charge in [0.05, 0.1) is 6.61 Å². The lowest BCUT2D eigenvalue weighted by atomic mass is 10.0. The molecule has 0 radical (unpaired) electrons. The molecule has 1 aromatic rings. The number of Topliss-reactive ketones (excluding diaryl/α,β-unsaturated/α-hetero) is 1. The Morgan fingerprint density at radius 3 is 2.33 bits per heavy atom. The second kappa shape index (κ2) is 7.61. The number of rotatable bonds is 7. The number of hydrogen-bond acceptors (Lipinski definition) is 4. The molecule has 18 heavy (non-hydrogen) atoms. The van der Waals surface area contributed by atoms with Crippen LogP contribution in [0.15, 0.2) is 30.3 Å². The summed E-state index contributed by atoms with van der Waals surface area (Å²) in [7, 11) is 0. The Balaban J connectivity index is 2.73. The third-order valence-corrected chi connectivity index (χ3v) is 2.35. The fourth-order valence-corrected chi connectivity index (χ4v) is 1.62. The Labute approximate surface area is 107 Å². The van der Waals surface area contributed by atoms with Crippen LogP contribution in [0.5, 0.6) is 0 Å². The van der Waals surface area contributed by atoms with Gasteiger partial charge in [0.25, 0.3) is 0 Å². The van der Waals surface area contributed by atoms with Crippen molar-refractivity contribution < 1.29 is 19.1 Å². The Morgan fingerprint density at radius 1 is 1.11 bits per heavy atom. The van der Waals surface area contributed by atoms with Crippen molar-refractivity contribution in [3.8, 4) is 0 Å². The van der Waals surface area contributed by atoms with Crippen LogP contribution >= 0.6 is 0 Å². The van der Waals surface area contributed by atoms with E-state index in [4.69, 9.17) is 9.47 Å². The average molecular weight is 250 g/mol. The van der Waals surface area contributed by atoms with Crippen LogP contribution in [0.2, 0.25) is 0 Å². The van der Waals surface area contributed by atoms with E-state index in [-0.39, 0.29) is 18.8 Å². The standard InChI is InChI=1S/C14H18O4/c1-3-17-13(16)10-12(15)14(18-4-2)11-8-6-5-7-9-11/h5-9,14H,3-4,10H2,1-2H3. The van der Waals surface area contributed by atoms with E-state index in [1.54, 1.807) is 6.92 Å². The molecule has 0 amide bonds. The molecule has 1 rings (SSSR count). The monoisotopic (exact) mass is 250 g/mol. The van der Waals surface area contributed by atoms with Crippen LogP contribution in [-0.4, -0.2) is 25.0 Å². The first-order valence-electron chi connectivity index (χ1n) is 6.03. The quantitative estimate of drug-likeness (QED) is 0.550. The van der Waals surface area contributed by atoms with Crippen molar-refractivity contribution in [1.29, 1.82) is 0 Å². The number of carbonyl (C=O) groups is 2. The van der Waals surface area contributed by atoms with E-state index >= 15 is 0 Å². The van der Waals surface area contributed by atoms with Gasteiger partial charge in [-0.3, -0.25) is 9.59 Å². The first-order valence-corrected chi connectivity index (χ1v) is 6.03. The first-order chi connectivity index (χ1) is 8.69. The third kappa shape index (κ3) is 4.30. The third-order valence-electron chi connectivity index (χ3n) is 2.35. The van der Waals surface area contributed by atoms with Gasteiger partial charge in [0.15, 0.2) is 5.78 Å². The lowest BCUT2D eigenvalue weighted by Gasteiger charge is -2.15. The zero-order valence-corrected chi connectivity index (χ0v) is 10.7. The fourth-order valence-electron chi connectivity index (χ4n) is 1.62. The first kappa shape index (κ1) is 14.4. The molecular weight excluding hydrogens is 232 g/mol. The lowest BCUT2D eigenvalue weighted by Crippen LogP contribution is -2.20. The lowest BCUT2D eigenvalue weighted by molar-refractivity contribution is -0.148. The minimum Gasteiger partial charge on any atom is -0.466 e. The Morgan fingerprint density at radius 2 is 1.78 bits per heavy atom. The molecule has 0 aliphatic carbocycles. The van der Waals surface area contributed by atoms with Gasteiger partial charge >= 0.3 is 5.97 Å². The fraction of sp³-hybridized carbons (Fsp3) is 0.429. The highest BCUT2D eigenvalue weighted by atomic mass is 16.5. The molecule has 4 heteroatoms. The minimum absolute atomic E-state index is 0.257. The van der Waals surface area contributed by atoms with Crippen molar-refractivity contribution in [2.75, 3.05) is 13.2 Å². The maximum atomic E-state index is 12.0. The van der Waals surface area contributed by atoms with Gasteiger partial charge in [-0.15, -0.1) is 0 Å². The molecule has 0 fully saturated rings. The number of carbonyl (C=O) groups excluding carboxylic acids is 2.